The van der Waals surface area contributed by atoms with Crippen molar-refractivity contribution in [1.82, 2.24) is 23.6 Å². The summed E-state index contributed by atoms with van der Waals surface area (Å²) >= 11 is 6.34. The Morgan fingerprint density at radius 3 is 2.50 bits per heavy atom. The Hall–Kier alpha value is -2.88. The summed E-state index contributed by atoms with van der Waals surface area (Å²) in [4.78, 5) is 4.60. The number of nitrogens with one attached hydrogen (secondary N) is 1. The molecule has 0 spiro atoms. The second-order valence-corrected chi connectivity index (χ2v) is 9.73. The number of aryl methyl sites for hydroxylation is 2. The lowest BCUT2D eigenvalue weighted by Gasteiger charge is -2.13. The van der Waals surface area contributed by atoms with E-state index in [9.17, 15) is 8.42 Å². The Bertz CT molecular complexity index is 1360. The maximum Gasteiger partial charge on any atom is 0.242 e. The van der Waals surface area contributed by atoms with Crippen molar-refractivity contribution in [2.75, 3.05) is 19.4 Å². The predicted octanol–water partition coefficient (Wildman–Crippen LogP) is 3.62. The average Bonchev–Trinajstić information content (AvgIpc) is 3.26. The van der Waals surface area contributed by atoms with E-state index in [0.29, 0.717) is 16.5 Å². The van der Waals surface area contributed by atoms with Crippen molar-refractivity contribution in [3.8, 4) is 11.3 Å². The summed E-state index contributed by atoms with van der Waals surface area (Å²) in [5.41, 5.74) is 3.62. The highest BCUT2D eigenvalue weighted by atomic mass is 35.5. The highest BCUT2D eigenvalue weighted by molar-refractivity contribution is 7.89. The normalized spacial score (nSPS) is 12.1. The van der Waals surface area contributed by atoms with Gasteiger partial charge in [-0.1, -0.05) is 11.6 Å². The zero-order chi connectivity index (χ0) is 21.6. The third kappa shape index (κ3) is 3.55. The van der Waals surface area contributed by atoms with E-state index in [1.807, 2.05) is 32.6 Å². The first kappa shape index (κ1) is 20.4. The molecule has 0 atom stereocenters. The molecule has 0 aliphatic heterocycles. The molecule has 3 heterocycles. The van der Waals surface area contributed by atoms with Gasteiger partial charge in [0.1, 0.15) is 5.82 Å². The lowest BCUT2D eigenvalue weighted by molar-refractivity contribution is 0.521. The second kappa shape index (κ2) is 7.42. The zero-order valence-corrected chi connectivity index (χ0v) is 18.5. The van der Waals surface area contributed by atoms with E-state index in [1.165, 1.54) is 26.2 Å². The number of fused-ring (bicyclic) bond motifs is 1. The number of halogens is 1. The number of pyridine rings is 1. The zero-order valence-electron chi connectivity index (χ0n) is 17.0. The number of hydrogen-bond acceptors (Lipinski definition) is 5. The van der Waals surface area contributed by atoms with Crippen LogP contribution >= 0.6 is 11.6 Å². The number of hydrogen-bond donors (Lipinski definition) is 1. The lowest BCUT2D eigenvalue weighted by Crippen LogP contribution is -2.22. The molecule has 4 aromatic rings. The van der Waals surface area contributed by atoms with Crippen LogP contribution in [0.1, 0.15) is 0 Å². The van der Waals surface area contributed by atoms with E-state index in [4.69, 9.17) is 11.6 Å². The first-order chi connectivity index (χ1) is 14.2. The molecule has 0 fully saturated rings. The third-order valence-corrected chi connectivity index (χ3v) is 7.03. The highest BCUT2D eigenvalue weighted by Crippen LogP contribution is 2.31. The molecule has 10 heteroatoms. The predicted molar refractivity (Wildman–Crippen MR) is 119 cm³/mol. The molecule has 0 aliphatic rings. The van der Waals surface area contributed by atoms with Gasteiger partial charge in [0.25, 0.3) is 0 Å². The van der Waals surface area contributed by atoms with E-state index >= 15 is 0 Å². The van der Waals surface area contributed by atoms with Gasteiger partial charge in [-0.3, -0.25) is 4.68 Å². The quantitative estimate of drug-likeness (QED) is 0.508. The van der Waals surface area contributed by atoms with Crippen molar-refractivity contribution in [2.24, 2.45) is 14.1 Å². The molecule has 0 radical (unpaired) electrons. The Balaban J connectivity index is 1.67. The topological polar surface area (TPSA) is 85.1 Å². The summed E-state index contributed by atoms with van der Waals surface area (Å²) in [5.74, 6) is 0.603. The standard InChI is InChI=1S/C20H21ClN6O2S/c1-25(2)30(28,29)15-5-6-17(16(21)8-15)24-20-9-19-13(10-22-20)7-18(27(19)4)14-11-23-26(3)12-14/h5-12H,1-4H3,(H,22,24). The van der Waals surface area contributed by atoms with Gasteiger partial charge in [0, 0.05) is 57.6 Å². The number of nitrogens with zero attached hydrogens (tertiary/aromatic N) is 5. The van der Waals surface area contributed by atoms with Crippen molar-refractivity contribution in [1.29, 1.82) is 0 Å². The summed E-state index contributed by atoms with van der Waals surface area (Å²) < 4.78 is 29.6. The number of anilines is 2. The van der Waals surface area contributed by atoms with Gasteiger partial charge in [0.05, 0.1) is 33.0 Å². The molecule has 1 N–H and O–H groups in total. The van der Waals surface area contributed by atoms with E-state index < -0.39 is 10.0 Å². The maximum atomic E-state index is 12.3. The minimum Gasteiger partial charge on any atom is -0.343 e. The Morgan fingerprint density at radius 1 is 1.10 bits per heavy atom. The molecular weight excluding hydrogens is 424 g/mol. The van der Waals surface area contributed by atoms with Gasteiger partial charge in [-0.25, -0.2) is 17.7 Å². The van der Waals surface area contributed by atoms with Crippen LogP contribution in [0.2, 0.25) is 5.02 Å². The maximum absolute atomic E-state index is 12.3. The van der Waals surface area contributed by atoms with Crippen molar-refractivity contribution in [3.05, 3.63) is 53.9 Å². The van der Waals surface area contributed by atoms with Crippen LogP contribution in [-0.2, 0) is 24.1 Å². The van der Waals surface area contributed by atoms with Crippen LogP contribution < -0.4 is 5.32 Å². The minimum absolute atomic E-state index is 0.134. The Labute approximate surface area is 179 Å². The smallest absolute Gasteiger partial charge is 0.242 e. The molecule has 30 heavy (non-hydrogen) atoms. The summed E-state index contributed by atoms with van der Waals surface area (Å²) in [5, 5.41) is 8.70. The van der Waals surface area contributed by atoms with Gasteiger partial charge in [-0.05, 0) is 24.3 Å². The molecule has 1 aromatic carbocycles. The van der Waals surface area contributed by atoms with Crippen LogP contribution in [0.3, 0.4) is 0 Å². The molecule has 4 rings (SSSR count). The SMILES string of the molecule is CN(C)S(=O)(=O)c1ccc(Nc2cc3c(cn2)cc(-c2cnn(C)c2)n3C)c(Cl)c1. The highest BCUT2D eigenvalue weighted by Gasteiger charge is 2.18. The van der Waals surface area contributed by atoms with Crippen LogP contribution in [-0.4, -0.2) is 46.1 Å². The number of rotatable bonds is 5. The van der Waals surface area contributed by atoms with Crippen molar-refractivity contribution >= 4 is 44.0 Å². The fraction of sp³-hybridized carbons (Fsp3) is 0.200. The summed E-state index contributed by atoms with van der Waals surface area (Å²) in [7, 11) is 3.28. The number of sulfonamides is 1. The monoisotopic (exact) mass is 444 g/mol. The first-order valence-corrected chi connectivity index (χ1v) is 10.9. The largest absolute Gasteiger partial charge is 0.343 e. The molecule has 156 valence electrons. The number of aromatic nitrogens is 4. The molecule has 0 unspecified atom stereocenters. The van der Waals surface area contributed by atoms with Crippen molar-refractivity contribution < 1.29 is 8.42 Å². The third-order valence-electron chi connectivity index (χ3n) is 4.91. The van der Waals surface area contributed by atoms with Gasteiger partial charge in [-0.15, -0.1) is 0 Å². The van der Waals surface area contributed by atoms with Crippen molar-refractivity contribution in [3.63, 3.8) is 0 Å². The fourth-order valence-corrected chi connectivity index (χ4v) is 4.46. The molecule has 0 bridgehead atoms. The van der Waals surface area contributed by atoms with Gasteiger partial charge in [0.2, 0.25) is 10.0 Å². The van der Waals surface area contributed by atoms with E-state index in [0.717, 1.165) is 26.5 Å². The van der Waals surface area contributed by atoms with E-state index in [1.54, 1.807) is 16.9 Å². The number of benzene rings is 1. The van der Waals surface area contributed by atoms with Crippen molar-refractivity contribution in [2.45, 2.75) is 4.90 Å². The van der Waals surface area contributed by atoms with Gasteiger partial charge >= 0.3 is 0 Å². The van der Waals surface area contributed by atoms with E-state index in [2.05, 4.69) is 26.0 Å². The fourth-order valence-electron chi connectivity index (χ4n) is 3.24. The molecule has 0 aliphatic carbocycles. The first-order valence-electron chi connectivity index (χ1n) is 9.10. The molecule has 8 nitrogen and oxygen atoms in total. The Kier molecular flexibility index (Phi) is 5.05. The molecule has 0 saturated heterocycles. The van der Waals surface area contributed by atoms with Crippen LogP contribution in [0, 0.1) is 0 Å². The molecule has 0 amide bonds. The van der Waals surface area contributed by atoms with Gasteiger partial charge in [0.15, 0.2) is 0 Å². The molecule has 0 saturated carbocycles. The summed E-state index contributed by atoms with van der Waals surface area (Å²) in [6.45, 7) is 0. The summed E-state index contributed by atoms with van der Waals surface area (Å²) in [6.07, 6.45) is 5.57. The average molecular weight is 445 g/mol. The van der Waals surface area contributed by atoms with Crippen LogP contribution in [0.5, 0.6) is 0 Å². The van der Waals surface area contributed by atoms with Gasteiger partial charge in [-0.2, -0.15) is 5.10 Å². The Morgan fingerprint density at radius 2 is 1.87 bits per heavy atom. The summed E-state index contributed by atoms with van der Waals surface area (Å²) in [6, 6.07) is 8.58. The van der Waals surface area contributed by atoms with Crippen LogP contribution in [0.25, 0.3) is 22.2 Å². The van der Waals surface area contributed by atoms with Crippen LogP contribution in [0.15, 0.2) is 53.8 Å². The molecular formula is C20H21ClN6O2S. The van der Waals surface area contributed by atoms with E-state index in [-0.39, 0.29) is 4.90 Å². The second-order valence-electron chi connectivity index (χ2n) is 7.17. The molecule has 3 aromatic heterocycles. The lowest BCUT2D eigenvalue weighted by atomic mass is 10.2. The van der Waals surface area contributed by atoms with Gasteiger partial charge < -0.3 is 9.88 Å². The van der Waals surface area contributed by atoms with Crippen LogP contribution in [0.4, 0.5) is 11.5 Å². The minimum atomic E-state index is -3.55.